The zero-order valence-corrected chi connectivity index (χ0v) is 30.2. The van der Waals surface area contributed by atoms with Crippen LogP contribution in [0.5, 0.6) is 0 Å². The minimum atomic E-state index is 0.643. The molecule has 11 aromatic rings. The second-order valence-corrected chi connectivity index (χ2v) is 14.1. The molecule has 0 amide bonds. The molecule has 4 nitrogen and oxygen atoms in total. The van der Waals surface area contributed by atoms with E-state index in [1.54, 1.807) is 0 Å². The van der Waals surface area contributed by atoms with Gasteiger partial charge in [0.15, 0.2) is 5.82 Å². The van der Waals surface area contributed by atoms with Gasteiger partial charge >= 0.3 is 0 Å². The van der Waals surface area contributed by atoms with Gasteiger partial charge in [0.25, 0.3) is 0 Å². The van der Waals surface area contributed by atoms with Crippen LogP contribution in [-0.2, 0) is 0 Å². The van der Waals surface area contributed by atoms with Crippen molar-refractivity contribution in [3.8, 4) is 67.3 Å². The molecule has 0 saturated carbocycles. The number of furan rings is 2. The molecule has 0 saturated heterocycles. The van der Waals surface area contributed by atoms with Crippen LogP contribution in [-0.4, -0.2) is 9.97 Å². The highest BCUT2D eigenvalue weighted by Crippen LogP contribution is 2.45. The first-order valence-electron chi connectivity index (χ1n) is 18.8. The lowest BCUT2D eigenvalue weighted by atomic mass is 9.93. The first-order valence-corrected chi connectivity index (χ1v) is 18.8. The Balaban J connectivity index is 1.17. The minimum absolute atomic E-state index is 0.643. The van der Waals surface area contributed by atoms with Gasteiger partial charge in [-0.3, -0.25) is 0 Å². The number of para-hydroxylation sites is 3. The van der Waals surface area contributed by atoms with Crippen LogP contribution in [0.25, 0.3) is 111 Å². The van der Waals surface area contributed by atoms with Crippen LogP contribution < -0.4 is 0 Å². The van der Waals surface area contributed by atoms with Crippen molar-refractivity contribution >= 4 is 43.9 Å². The number of aromatic nitrogens is 2. The summed E-state index contributed by atoms with van der Waals surface area (Å²) < 4.78 is 13.4. The van der Waals surface area contributed by atoms with Gasteiger partial charge in [-0.05, 0) is 70.3 Å². The van der Waals surface area contributed by atoms with Gasteiger partial charge in [0.05, 0.1) is 11.4 Å². The molecule has 56 heavy (non-hydrogen) atoms. The van der Waals surface area contributed by atoms with Crippen LogP contribution in [0.2, 0.25) is 0 Å². The summed E-state index contributed by atoms with van der Waals surface area (Å²) in [7, 11) is 0. The Morgan fingerprint density at radius 1 is 0.304 bits per heavy atom. The Morgan fingerprint density at radius 3 is 1.52 bits per heavy atom. The maximum absolute atomic E-state index is 6.83. The van der Waals surface area contributed by atoms with E-state index in [4.69, 9.17) is 18.8 Å². The highest BCUT2D eigenvalue weighted by atomic mass is 16.3. The molecule has 0 radical (unpaired) electrons. The fraction of sp³-hybridized carbons (Fsp3) is 0. The molecule has 3 heterocycles. The van der Waals surface area contributed by atoms with Gasteiger partial charge in [0.1, 0.15) is 22.3 Å². The molecule has 4 heteroatoms. The van der Waals surface area contributed by atoms with Crippen LogP contribution in [0.1, 0.15) is 0 Å². The highest BCUT2D eigenvalue weighted by Gasteiger charge is 2.22. The zero-order chi connectivity index (χ0) is 37.0. The third-order valence-electron chi connectivity index (χ3n) is 10.7. The zero-order valence-electron chi connectivity index (χ0n) is 30.2. The fourth-order valence-corrected chi connectivity index (χ4v) is 8.03. The number of hydrogen-bond acceptors (Lipinski definition) is 4. The smallest absolute Gasteiger partial charge is 0.160 e. The number of rotatable bonds is 6. The highest BCUT2D eigenvalue weighted by molar-refractivity contribution is 6.19. The summed E-state index contributed by atoms with van der Waals surface area (Å²) in [5.41, 5.74) is 14.3. The number of nitrogens with zero attached hydrogens (tertiary/aromatic N) is 2. The van der Waals surface area contributed by atoms with Crippen molar-refractivity contribution in [2.45, 2.75) is 0 Å². The van der Waals surface area contributed by atoms with Crippen molar-refractivity contribution in [1.82, 2.24) is 9.97 Å². The summed E-state index contributed by atoms with van der Waals surface area (Å²) in [6, 6.07) is 67.2. The molecule has 3 aromatic heterocycles. The third-order valence-corrected chi connectivity index (χ3v) is 10.7. The fourth-order valence-electron chi connectivity index (χ4n) is 8.03. The molecule has 0 aliphatic heterocycles. The summed E-state index contributed by atoms with van der Waals surface area (Å²) in [5, 5.41) is 4.24. The average Bonchev–Trinajstić information content (AvgIpc) is 3.86. The van der Waals surface area contributed by atoms with E-state index in [0.29, 0.717) is 5.82 Å². The van der Waals surface area contributed by atoms with Crippen molar-refractivity contribution in [3.63, 3.8) is 0 Å². The quantitative estimate of drug-likeness (QED) is 0.172. The van der Waals surface area contributed by atoms with Gasteiger partial charge in [0.2, 0.25) is 0 Å². The average molecular weight is 717 g/mol. The number of hydrogen-bond donors (Lipinski definition) is 0. The molecule has 0 bridgehead atoms. The molecular weight excluding hydrogens is 685 g/mol. The Morgan fingerprint density at radius 2 is 0.821 bits per heavy atom. The van der Waals surface area contributed by atoms with Crippen molar-refractivity contribution < 1.29 is 8.83 Å². The van der Waals surface area contributed by atoms with E-state index in [1.807, 2.05) is 42.5 Å². The van der Waals surface area contributed by atoms with Gasteiger partial charge in [-0.1, -0.05) is 152 Å². The first-order chi connectivity index (χ1) is 27.7. The Bertz CT molecular complexity index is 3180. The van der Waals surface area contributed by atoms with Crippen LogP contribution in [0.4, 0.5) is 0 Å². The van der Waals surface area contributed by atoms with Gasteiger partial charge < -0.3 is 8.83 Å². The lowest BCUT2D eigenvalue weighted by Gasteiger charge is -2.14. The van der Waals surface area contributed by atoms with Crippen molar-refractivity contribution in [1.29, 1.82) is 0 Å². The topological polar surface area (TPSA) is 52.1 Å². The molecule has 262 valence electrons. The maximum atomic E-state index is 6.83. The van der Waals surface area contributed by atoms with Crippen LogP contribution in [0.3, 0.4) is 0 Å². The second kappa shape index (κ2) is 13.1. The number of benzene rings is 8. The van der Waals surface area contributed by atoms with Gasteiger partial charge in [0, 0.05) is 43.8 Å². The Kier molecular flexibility index (Phi) is 7.46. The monoisotopic (exact) mass is 716 g/mol. The maximum Gasteiger partial charge on any atom is 0.160 e. The SMILES string of the molecule is c1ccc(-c2cc(-c3ccccc3)cc(-c3cc(-c4ccc(-c5cccc6c5oc5ccccc56)c5c4oc4ccccc45)nc(-c4ccccc4)n3)c2)cc1. The molecule has 0 spiro atoms. The Labute approximate surface area is 323 Å². The van der Waals surface area contributed by atoms with E-state index in [0.717, 1.165) is 105 Å². The summed E-state index contributed by atoms with van der Waals surface area (Å²) in [6.07, 6.45) is 0. The third kappa shape index (κ3) is 5.39. The predicted octanol–water partition coefficient (Wildman–Crippen LogP) is 14.3. The lowest BCUT2D eigenvalue weighted by molar-refractivity contribution is 0.669. The minimum Gasteiger partial charge on any atom is -0.455 e. The van der Waals surface area contributed by atoms with E-state index in [-0.39, 0.29) is 0 Å². The van der Waals surface area contributed by atoms with Gasteiger partial charge in [-0.25, -0.2) is 9.97 Å². The second-order valence-electron chi connectivity index (χ2n) is 14.1. The van der Waals surface area contributed by atoms with E-state index in [2.05, 4.69) is 152 Å². The molecule has 0 N–H and O–H groups in total. The van der Waals surface area contributed by atoms with E-state index in [1.165, 1.54) is 0 Å². The van der Waals surface area contributed by atoms with E-state index in [9.17, 15) is 0 Å². The Hall–Kier alpha value is -7.56. The summed E-state index contributed by atoms with van der Waals surface area (Å²) in [5.74, 6) is 0.643. The molecule has 0 unspecified atom stereocenters. The van der Waals surface area contributed by atoms with Crippen molar-refractivity contribution in [3.05, 3.63) is 194 Å². The van der Waals surface area contributed by atoms with E-state index < -0.39 is 0 Å². The normalized spacial score (nSPS) is 11.6. The first kappa shape index (κ1) is 31.9. The summed E-state index contributed by atoms with van der Waals surface area (Å²) >= 11 is 0. The summed E-state index contributed by atoms with van der Waals surface area (Å²) in [4.78, 5) is 10.5. The predicted molar refractivity (Wildman–Crippen MR) is 229 cm³/mol. The molecule has 11 rings (SSSR count). The van der Waals surface area contributed by atoms with Crippen LogP contribution >= 0.6 is 0 Å². The molecular formula is C52H32N2O2. The molecule has 0 aliphatic rings. The van der Waals surface area contributed by atoms with Gasteiger partial charge in [-0.2, -0.15) is 0 Å². The van der Waals surface area contributed by atoms with E-state index >= 15 is 0 Å². The van der Waals surface area contributed by atoms with Crippen LogP contribution in [0, 0.1) is 0 Å². The van der Waals surface area contributed by atoms with Crippen molar-refractivity contribution in [2.75, 3.05) is 0 Å². The van der Waals surface area contributed by atoms with Gasteiger partial charge in [-0.15, -0.1) is 0 Å². The largest absolute Gasteiger partial charge is 0.455 e. The molecule has 0 aliphatic carbocycles. The molecule has 0 fully saturated rings. The lowest BCUT2D eigenvalue weighted by Crippen LogP contribution is -1.97. The number of fused-ring (bicyclic) bond motifs is 6. The standard InChI is InChI=1S/C52H32N2O2/c1-4-15-33(16-5-1)36-29-37(34-17-6-2-7-18-34)31-38(30-36)45-32-46(54-52(53-45)35-19-8-3-9-20-35)43-28-27-40(49-44-22-11-13-26-48(44)56-51(43)49)42-24-14-23-41-39-21-10-12-25-47(39)55-50(41)42/h1-32H. The molecule has 8 aromatic carbocycles. The summed E-state index contributed by atoms with van der Waals surface area (Å²) in [6.45, 7) is 0. The van der Waals surface area contributed by atoms with Crippen molar-refractivity contribution in [2.24, 2.45) is 0 Å². The molecule has 0 atom stereocenters. The van der Waals surface area contributed by atoms with Crippen LogP contribution in [0.15, 0.2) is 203 Å².